The Morgan fingerprint density at radius 3 is 2.80 bits per heavy atom. The van der Waals surface area contributed by atoms with Gasteiger partial charge < -0.3 is 10.1 Å². The van der Waals surface area contributed by atoms with E-state index in [0.717, 1.165) is 12.4 Å². The Kier molecular flexibility index (Phi) is 1.44. The average Bonchev–Trinajstić information content (AvgIpc) is 1.88. The van der Waals surface area contributed by atoms with Crippen molar-refractivity contribution in [3.05, 3.63) is 32.9 Å². The summed E-state index contributed by atoms with van der Waals surface area (Å²) in [6.07, 6.45) is 0.987. The summed E-state index contributed by atoms with van der Waals surface area (Å²) in [6, 6.07) is 0.819. The molecular weight excluding hydrogens is 138 g/mol. The van der Waals surface area contributed by atoms with Crippen LogP contribution in [0.2, 0.25) is 0 Å². The monoisotopic (exact) mass is 141 g/mol. The zero-order valence-corrected chi connectivity index (χ0v) is 4.77. The van der Waals surface area contributed by atoms with E-state index in [2.05, 4.69) is 9.97 Å². The summed E-state index contributed by atoms with van der Waals surface area (Å²) in [5.41, 5.74) is -0.526. The zero-order valence-electron chi connectivity index (χ0n) is 4.77. The van der Waals surface area contributed by atoms with E-state index >= 15 is 0 Å². The van der Waals surface area contributed by atoms with Crippen molar-refractivity contribution in [2.24, 2.45) is 0 Å². The summed E-state index contributed by atoms with van der Waals surface area (Å²) in [5, 5.41) is 9.94. The van der Waals surface area contributed by atoms with Crippen LogP contribution >= 0.6 is 0 Å². The van der Waals surface area contributed by atoms with Crippen molar-refractivity contribution in [2.75, 3.05) is 0 Å². The van der Waals surface area contributed by atoms with Gasteiger partial charge in [-0.1, -0.05) is 0 Å². The van der Waals surface area contributed by atoms with E-state index in [1.165, 1.54) is 0 Å². The van der Waals surface area contributed by atoms with Gasteiger partial charge in [0.05, 0.1) is 0 Å². The number of rotatable bonds is 1. The summed E-state index contributed by atoms with van der Waals surface area (Å²) in [5.74, 6) is -0.441. The van der Waals surface area contributed by atoms with Crippen molar-refractivity contribution in [1.82, 2.24) is 9.97 Å². The molecule has 0 amide bonds. The molecule has 0 aromatic carbocycles. The van der Waals surface area contributed by atoms with Crippen molar-refractivity contribution in [1.29, 1.82) is 0 Å². The molecular formula is C4H3N3O3. The van der Waals surface area contributed by atoms with Crippen LogP contribution in [0.25, 0.3) is 0 Å². The molecule has 1 aromatic rings. The Hall–Kier alpha value is -1.72. The Morgan fingerprint density at radius 2 is 2.40 bits per heavy atom. The van der Waals surface area contributed by atoms with Gasteiger partial charge in [-0.3, -0.25) is 9.78 Å². The number of H-pyrrole nitrogens is 1. The molecule has 0 spiro atoms. The second kappa shape index (κ2) is 2.26. The first-order chi connectivity index (χ1) is 4.70. The molecule has 0 aliphatic rings. The maximum atomic E-state index is 10.4. The van der Waals surface area contributed by atoms with Gasteiger partial charge >= 0.3 is 5.82 Å². The molecule has 52 valence electrons. The number of hydrogen-bond donors (Lipinski definition) is 1. The number of nitro groups is 1. The van der Waals surface area contributed by atoms with Crippen LogP contribution in [0.5, 0.6) is 0 Å². The van der Waals surface area contributed by atoms with Crippen LogP contribution in [0.3, 0.4) is 0 Å². The number of hydrogen-bond acceptors (Lipinski definition) is 4. The summed E-state index contributed by atoms with van der Waals surface area (Å²) in [4.78, 5) is 25.1. The third-order valence-corrected chi connectivity index (χ3v) is 0.851. The molecule has 1 aromatic heterocycles. The highest BCUT2D eigenvalue weighted by Gasteiger charge is 2.04. The minimum atomic E-state index is -0.727. The Morgan fingerprint density at radius 1 is 1.70 bits per heavy atom. The SMILES string of the molecule is O=c1cc([N+](=O)[O-])nc[nH]1. The highest BCUT2D eigenvalue weighted by molar-refractivity contribution is 5.12. The molecule has 0 fully saturated rings. The second-order valence-corrected chi connectivity index (χ2v) is 1.53. The minimum absolute atomic E-state index is 0.441. The molecule has 6 heteroatoms. The third-order valence-electron chi connectivity index (χ3n) is 0.851. The van der Waals surface area contributed by atoms with Gasteiger partial charge in [0.1, 0.15) is 6.07 Å². The molecule has 1 N–H and O–H groups in total. The average molecular weight is 141 g/mol. The molecule has 0 unspecified atom stereocenters. The largest absolute Gasteiger partial charge is 0.370 e. The smallest absolute Gasteiger partial charge is 0.358 e. The van der Waals surface area contributed by atoms with Gasteiger partial charge in [0.25, 0.3) is 5.56 Å². The van der Waals surface area contributed by atoms with Gasteiger partial charge in [0.2, 0.25) is 6.33 Å². The fourth-order valence-corrected chi connectivity index (χ4v) is 0.458. The lowest BCUT2D eigenvalue weighted by Crippen LogP contribution is -2.05. The normalized spacial score (nSPS) is 9.20. The second-order valence-electron chi connectivity index (χ2n) is 1.53. The van der Waals surface area contributed by atoms with Crippen LogP contribution in [0, 0.1) is 10.1 Å². The maximum absolute atomic E-state index is 10.4. The van der Waals surface area contributed by atoms with Crippen molar-refractivity contribution < 1.29 is 4.92 Å². The van der Waals surface area contributed by atoms with Crippen LogP contribution in [-0.2, 0) is 0 Å². The highest BCUT2D eigenvalue weighted by Crippen LogP contribution is 1.96. The fourth-order valence-electron chi connectivity index (χ4n) is 0.458. The van der Waals surface area contributed by atoms with Gasteiger partial charge in [-0.2, -0.15) is 0 Å². The van der Waals surface area contributed by atoms with E-state index < -0.39 is 16.3 Å². The van der Waals surface area contributed by atoms with Crippen LogP contribution in [0.1, 0.15) is 0 Å². The Balaban J connectivity index is 3.20. The number of nitrogens with one attached hydrogen (secondary N) is 1. The first kappa shape index (κ1) is 6.40. The molecule has 10 heavy (non-hydrogen) atoms. The topological polar surface area (TPSA) is 88.9 Å². The van der Waals surface area contributed by atoms with Crippen molar-refractivity contribution in [3.63, 3.8) is 0 Å². The lowest BCUT2D eigenvalue weighted by atomic mass is 10.6. The number of aromatic nitrogens is 2. The molecule has 0 atom stereocenters. The van der Waals surface area contributed by atoms with E-state index in [-0.39, 0.29) is 0 Å². The standard InChI is InChI=1S/C4H3N3O3/c8-4-1-3(7(9)10)5-2-6-4/h1-2H,(H,5,6,8). The molecule has 0 saturated carbocycles. The molecule has 6 nitrogen and oxygen atoms in total. The van der Waals surface area contributed by atoms with Crippen LogP contribution < -0.4 is 5.56 Å². The number of nitrogens with zero attached hydrogens (tertiary/aromatic N) is 2. The van der Waals surface area contributed by atoms with E-state index in [4.69, 9.17) is 0 Å². The summed E-state index contributed by atoms with van der Waals surface area (Å²) >= 11 is 0. The first-order valence-electron chi connectivity index (χ1n) is 2.39. The van der Waals surface area contributed by atoms with Gasteiger partial charge in [-0.05, 0) is 9.91 Å². The first-order valence-corrected chi connectivity index (χ1v) is 2.39. The van der Waals surface area contributed by atoms with Gasteiger partial charge in [-0.25, -0.2) is 0 Å². The van der Waals surface area contributed by atoms with E-state index in [1.807, 2.05) is 0 Å². The van der Waals surface area contributed by atoms with E-state index in [9.17, 15) is 14.9 Å². The zero-order chi connectivity index (χ0) is 7.56. The van der Waals surface area contributed by atoms with E-state index in [1.54, 1.807) is 0 Å². The van der Waals surface area contributed by atoms with Gasteiger partial charge in [0, 0.05) is 0 Å². The maximum Gasteiger partial charge on any atom is 0.370 e. The molecule has 0 radical (unpaired) electrons. The van der Waals surface area contributed by atoms with Crippen LogP contribution in [0.4, 0.5) is 5.82 Å². The van der Waals surface area contributed by atoms with Crippen LogP contribution in [-0.4, -0.2) is 14.9 Å². The predicted molar refractivity (Wildman–Crippen MR) is 31.5 cm³/mol. The summed E-state index contributed by atoms with van der Waals surface area (Å²) in [6.45, 7) is 0. The minimum Gasteiger partial charge on any atom is -0.358 e. The molecule has 0 aliphatic heterocycles. The van der Waals surface area contributed by atoms with Gasteiger partial charge in [0.15, 0.2) is 0 Å². The molecule has 1 rings (SSSR count). The van der Waals surface area contributed by atoms with E-state index in [0.29, 0.717) is 0 Å². The van der Waals surface area contributed by atoms with Crippen LogP contribution in [0.15, 0.2) is 17.2 Å². The Bertz CT molecular complexity index is 305. The lowest BCUT2D eigenvalue weighted by Gasteiger charge is -1.86. The summed E-state index contributed by atoms with van der Waals surface area (Å²) < 4.78 is 0. The summed E-state index contributed by atoms with van der Waals surface area (Å²) in [7, 11) is 0. The van der Waals surface area contributed by atoms with Crippen molar-refractivity contribution in [2.45, 2.75) is 0 Å². The molecule has 0 saturated heterocycles. The lowest BCUT2D eigenvalue weighted by molar-refractivity contribution is -0.389. The number of aromatic amines is 1. The highest BCUT2D eigenvalue weighted by atomic mass is 16.6. The molecule has 1 heterocycles. The third kappa shape index (κ3) is 1.16. The van der Waals surface area contributed by atoms with Gasteiger partial charge in [-0.15, -0.1) is 0 Å². The van der Waals surface area contributed by atoms with Crippen molar-refractivity contribution in [3.8, 4) is 0 Å². The predicted octanol–water partition coefficient (Wildman–Crippen LogP) is -0.322. The van der Waals surface area contributed by atoms with Crippen molar-refractivity contribution >= 4 is 5.82 Å². The fraction of sp³-hybridized carbons (Fsp3) is 0. The quantitative estimate of drug-likeness (QED) is 0.428. The Labute approximate surface area is 54.7 Å². The molecule has 0 aliphatic carbocycles. The molecule has 0 bridgehead atoms.